The average molecular weight is 439 g/mol. The molecule has 32 heavy (non-hydrogen) atoms. The summed E-state index contributed by atoms with van der Waals surface area (Å²) in [6.07, 6.45) is 5.83. The van der Waals surface area contributed by atoms with Crippen LogP contribution in [0.2, 0.25) is 0 Å². The third-order valence-corrected chi connectivity index (χ3v) is 10.3. The molecule has 0 amide bonds. The topological polar surface area (TPSA) is 86.1 Å². The molecule has 1 aromatic heterocycles. The average Bonchev–Trinajstić information content (AvgIpc) is 3.30. The van der Waals surface area contributed by atoms with E-state index in [1.165, 1.54) is 0 Å². The first-order valence-electron chi connectivity index (χ1n) is 11.6. The number of fused-ring (bicyclic) bond motifs is 3. The fourth-order valence-electron chi connectivity index (χ4n) is 8.51. The van der Waals surface area contributed by atoms with Crippen molar-refractivity contribution in [2.75, 3.05) is 0 Å². The quantitative estimate of drug-likeness (QED) is 0.483. The lowest BCUT2D eigenvalue weighted by Gasteiger charge is -2.65. The Balaban J connectivity index is 1.53. The maximum Gasteiger partial charge on any atom is 0.339 e. The smallest absolute Gasteiger partial charge is 0.339 e. The van der Waals surface area contributed by atoms with Gasteiger partial charge in [-0.1, -0.05) is 33.8 Å². The number of carbonyl (C=O) groups excluding carboxylic acids is 3. The standard InChI is InChI=1S/C26H30O6/c1-22(2)16-13-18(28)25(5)15(23(16,3)10-9-17(22)27)8-11-24(4)19(14-7-6-12-30-14)31-21(29)20-26(24,25)32-20/h6-7,9-10,12,15-16,19-20H,8,11,13H2,1-5H3/t15-,16+,19+,20-,23-,24+,25+,26-/m1/s1. The molecule has 1 spiro atoms. The summed E-state index contributed by atoms with van der Waals surface area (Å²) in [5, 5.41) is 0. The van der Waals surface area contributed by atoms with Crippen LogP contribution in [0.4, 0.5) is 0 Å². The predicted molar refractivity (Wildman–Crippen MR) is 113 cm³/mol. The summed E-state index contributed by atoms with van der Waals surface area (Å²) >= 11 is 0. The minimum absolute atomic E-state index is 0.0360. The Morgan fingerprint density at radius 2 is 1.75 bits per heavy atom. The molecular formula is C26H30O6. The van der Waals surface area contributed by atoms with Crippen LogP contribution in [0.5, 0.6) is 0 Å². The van der Waals surface area contributed by atoms with Gasteiger partial charge < -0.3 is 13.9 Å². The van der Waals surface area contributed by atoms with Crippen LogP contribution in [0.15, 0.2) is 35.0 Å². The summed E-state index contributed by atoms with van der Waals surface area (Å²) < 4.78 is 17.9. The van der Waals surface area contributed by atoms with Crippen molar-refractivity contribution in [1.82, 2.24) is 0 Å². The maximum absolute atomic E-state index is 14.1. The molecule has 5 aliphatic rings. The number of ether oxygens (including phenoxy) is 2. The third-order valence-electron chi connectivity index (χ3n) is 10.3. The first-order valence-corrected chi connectivity index (χ1v) is 11.6. The first kappa shape index (κ1) is 20.4. The van der Waals surface area contributed by atoms with E-state index in [2.05, 4.69) is 13.8 Å². The summed E-state index contributed by atoms with van der Waals surface area (Å²) in [6.45, 7) is 10.2. The highest BCUT2D eigenvalue weighted by Gasteiger charge is 2.88. The van der Waals surface area contributed by atoms with Crippen molar-refractivity contribution < 1.29 is 28.3 Å². The largest absolute Gasteiger partial charge is 0.465 e. The Kier molecular flexibility index (Phi) is 3.60. The van der Waals surface area contributed by atoms with Gasteiger partial charge in [0.25, 0.3) is 0 Å². The lowest BCUT2D eigenvalue weighted by molar-refractivity contribution is -0.212. The number of rotatable bonds is 1. The van der Waals surface area contributed by atoms with Crippen molar-refractivity contribution in [2.45, 2.75) is 71.7 Å². The van der Waals surface area contributed by atoms with E-state index in [9.17, 15) is 14.4 Å². The molecule has 2 saturated carbocycles. The SMILES string of the molecule is CC1(C)C(=O)C=C[C@]2(C)[C@H]3CC[C@@]4(C)[C@H](c5ccco5)OC(=O)[C@H]5O[C@]54[C@]3(C)C(=O)C[C@@H]12. The Morgan fingerprint density at radius 1 is 1.00 bits per heavy atom. The zero-order chi connectivity index (χ0) is 22.9. The summed E-state index contributed by atoms with van der Waals surface area (Å²) in [7, 11) is 0. The van der Waals surface area contributed by atoms with Crippen LogP contribution in [0.3, 0.4) is 0 Å². The second kappa shape index (κ2) is 5.64. The summed E-state index contributed by atoms with van der Waals surface area (Å²) in [5.74, 6) is 0.240. The van der Waals surface area contributed by atoms with Crippen molar-refractivity contribution in [2.24, 2.45) is 33.5 Å². The Labute approximate surface area is 187 Å². The van der Waals surface area contributed by atoms with Gasteiger partial charge in [0.15, 0.2) is 18.0 Å². The van der Waals surface area contributed by atoms with Gasteiger partial charge in [0.1, 0.15) is 17.1 Å². The summed E-state index contributed by atoms with van der Waals surface area (Å²) in [4.78, 5) is 39.8. The number of hydrogen-bond acceptors (Lipinski definition) is 6. The van der Waals surface area contributed by atoms with Crippen molar-refractivity contribution >= 4 is 17.5 Å². The van der Waals surface area contributed by atoms with Crippen molar-refractivity contribution in [3.63, 3.8) is 0 Å². The molecule has 3 aliphatic carbocycles. The Hall–Kier alpha value is -2.21. The number of epoxide rings is 1. The van der Waals surface area contributed by atoms with Crippen LogP contribution >= 0.6 is 0 Å². The van der Waals surface area contributed by atoms with Gasteiger partial charge in [0.2, 0.25) is 0 Å². The molecule has 6 nitrogen and oxygen atoms in total. The zero-order valence-electron chi connectivity index (χ0n) is 19.3. The molecule has 1 aromatic rings. The molecule has 4 fully saturated rings. The van der Waals surface area contributed by atoms with E-state index in [1.807, 2.05) is 32.9 Å². The predicted octanol–water partition coefficient (Wildman–Crippen LogP) is 4.20. The van der Waals surface area contributed by atoms with Crippen LogP contribution in [-0.2, 0) is 23.9 Å². The Bertz CT molecular complexity index is 1080. The monoisotopic (exact) mass is 438 g/mol. The molecule has 170 valence electrons. The van der Waals surface area contributed by atoms with Gasteiger partial charge in [0.05, 0.1) is 11.7 Å². The minimum Gasteiger partial charge on any atom is -0.465 e. The molecule has 2 saturated heterocycles. The molecule has 0 unspecified atom stereocenters. The molecule has 0 aromatic carbocycles. The van der Waals surface area contributed by atoms with Gasteiger partial charge in [0, 0.05) is 17.3 Å². The van der Waals surface area contributed by atoms with Crippen molar-refractivity contribution in [3.05, 3.63) is 36.3 Å². The molecule has 6 heteroatoms. The van der Waals surface area contributed by atoms with Gasteiger partial charge in [-0.15, -0.1) is 0 Å². The van der Waals surface area contributed by atoms with Crippen LogP contribution in [0.25, 0.3) is 0 Å². The number of hydrogen-bond donors (Lipinski definition) is 0. The number of cyclic esters (lactones) is 1. The van der Waals surface area contributed by atoms with Gasteiger partial charge >= 0.3 is 5.97 Å². The highest BCUT2D eigenvalue weighted by molar-refractivity contribution is 5.98. The number of ketones is 2. The van der Waals surface area contributed by atoms with E-state index in [1.54, 1.807) is 18.4 Å². The van der Waals surface area contributed by atoms with E-state index in [0.717, 1.165) is 12.8 Å². The van der Waals surface area contributed by atoms with Gasteiger partial charge in [-0.25, -0.2) is 4.79 Å². The Morgan fingerprint density at radius 3 is 2.44 bits per heavy atom. The van der Waals surface area contributed by atoms with E-state index in [0.29, 0.717) is 12.2 Å². The molecule has 0 bridgehead atoms. The highest BCUT2D eigenvalue weighted by Crippen LogP contribution is 2.78. The van der Waals surface area contributed by atoms with Crippen LogP contribution in [0, 0.1) is 33.5 Å². The second-order valence-corrected chi connectivity index (χ2v) is 11.7. The minimum atomic E-state index is -0.930. The zero-order valence-corrected chi connectivity index (χ0v) is 19.3. The fraction of sp³-hybridized carbons (Fsp3) is 0.654. The number of Topliss-reactive ketones (excluding diaryl/α,β-unsaturated/α-hetero) is 1. The van der Waals surface area contributed by atoms with Gasteiger partial charge in [-0.2, -0.15) is 0 Å². The van der Waals surface area contributed by atoms with Gasteiger partial charge in [-0.3, -0.25) is 9.59 Å². The first-order chi connectivity index (χ1) is 14.9. The fourth-order valence-corrected chi connectivity index (χ4v) is 8.51. The maximum atomic E-state index is 14.1. The number of furan rings is 1. The molecule has 2 aliphatic heterocycles. The van der Waals surface area contributed by atoms with Gasteiger partial charge in [-0.05, 0) is 55.2 Å². The van der Waals surface area contributed by atoms with Crippen molar-refractivity contribution in [1.29, 1.82) is 0 Å². The number of allylic oxidation sites excluding steroid dienone is 2. The number of carbonyl (C=O) groups is 3. The molecule has 0 radical (unpaired) electrons. The normalized spacial score (nSPS) is 50.6. The molecule has 3 heterocycles. The molecule has 8 atom stereocenters. The lowest BCUT2D eigenvalue weighted by atomic mass is 9.36. The molecule has 0 N–H and O–H groups in total. The molecule has 6 rings (SSSR count). The third kappa shape index (κ3) is 1.92. The van der Waals surface area contributed by atoms with Crippen LogP contribution < -0.4 is 0 Å². The number of esters is 1. The summed E-state index contributed by atoms with van der Waals surface area (Å²) in [6, 6.07) is 3.61. The van der Waals surface area contributed by atoms with Crippen LogP contribution in [0.1, 0.15) is 65.7 Å². The van der Waals surface area contributed by atoms with E-state index in [4.69, 9.17) is 13.9 Å². The summed E-state index contributed by atoms with van der Waals surface area (Å²) in [5.41, 5.74) is -3.32. The van der Waals surface area contributed by atoms with Crippen molar-refractivity contribution in [3.8, 4) is 0 Å². The lowest BCUT2D eigenvalue weighted by Crippen LogP contribution is -2.71. The highest BCUT2D eigenvalue weighted by atomic mass is 16.7. The van der Waals surface area contributed by atoms with Crippen LogP contribution in [-0.4, -0.2) is 29.2 Å². The van der Waals surface area contributed by atoms with E-state index >= 15 is 0 Å². The van der Waals surface area contributed by atoms with E-state index < -0.39 is 40.0 Å². The van der Waals surface area contributed by atoms with E-state index in [-0.39, 0.29) is 28.8 Å². The second-order valence-electron chi connectivity index (χ2n) is 11.7. The molecular weight excluding hydrogens is 408 g/mol.